The van der Waals surface area contributed by atoms with Crippen LogP contribution < -0.4 is 10.1 Å². The van der Waals surface area contributed by atoms with Crippen LogP contribution in [0.5, 0.6) is 5.75 Å². The first-order valence-electron chi connectivity index (χ1n) is 7.56. The zero-order valence-corrected chi connectivity index (χ0v) is 13.2. The largest absolute Gasteiger partial charge is 0.481 e. The van der Waals surface area contributed by atoms with Crippen LogP contribution >= 0.6 is 0 Å². The highest BCUT2D eigenvalue weighted by molar-refractivity contribution is 5.81. The number of amides is 1. The number of aromatic nitrogens is 2. The number of hydrogen-bond acceptors (Lipinski definition) is 3. The van der Waals surface area contributed by atoms with E-state index in [1.54, 1.807) is 6.92 Å². The molecule has 0 aliphatic carbocycles. The molecule has 0 saturated heterocycles. The maximum absolute atomic E-state index is 12.1. The lowest BCUT2D eigenvalue weighted by Crippen LogP contribution is -2.36. The Morgan fingerprint density at radius 1 is 1.26 bits per heavy atom. The molecule has 1 aromatic heterocycles. The van der Waals surface area contributed by atoms with Crippen LogP contribution in [0.25, 0.3) is 11.0 Å². The second kappa shape index (κ2) is 6.52. The van der Waals surface area contributed by atoms with E-state index >= 15 is 0 Å². The Hall–Kier alpha value is -2.82. The van der Waals surface area contributed by atoms with E-state index in [0.29, 0.717) is 12.3 Å². The van der Waals surface area contributed by atoms with Crippen molar-refractivity contribution in [3.63, 3.8) is 0 Å². The number of aryl methyl sites for hydroxylation is 1. The molecule has 3 aromatic rings. The molecule has 0 aliphatic rings. The normalized spacial score (nSPS) is 12.1. The van der Waals surface area contributed by atoms with Crippen molar-refractivity contribution in [1.82, 2.24) is 15.3 Å². The maximum Gasteiger partial charge on any atom is 0.261 e. The summed E-state index contributed by atoms with van der Waals surface area (Å²) in [6.45, 7) is 4.06. The van der Waals surface area contributed by atoms with Crippen LogP contribution in [0, 0.1) is 6.92 Å². The van der Waals surface area contributed by atoms with E-state index in [4.69, 9.17) is 4.74 Å². The molecule has 1 unspecified atom stereocenters. The number of fused-ring (bicyclic) bond motifs is 1. The first kappa shape index (κ1) is 15.1. The zero-order chi connectivity index (χ0) is 16.2. The van der Waals surface area contributed by atoms with Crippen molar-refractivity contribution in [2.45, 2.75) is 26.5 Å². The Morgan fingerprint density at radius 3 is 2.87 bits per heavy atom. The number of hydrogen-bond donors (Lipinski definition) is 2. The second-order valence-corrected chi connectivity index (χ2v) is 5.50. The molecule has 3 rings (SSSR count). The fraction of sp³-hybridized carbons (Fsp3) is 0.222. The van der Waals surface area contributed by atoms with Gasteiger partial charge in [-0.3, -0.25) is 4.79 Å². The Labute approximate surface area is 134 Å². The number of benzene rings is 2. The molecule has 0 radical (unpaired) electrons. The average molecular weight is 309 g/mol. The van der Waals surface area contributed by atoms with E-state index in [1.807, 2.05) is 55.5 Å². The molecule has 118 valence electrons. The lowest BCUT2D eigenvalue weighted by molar-refractivity contribution is -0.127. The monoisotopic (exact) mass is 309 g/mol. The molecule has 0 spiro atoms. The van der Waals surface area contributed by atoms with Crippen LogP contribution in [0.1, 0.15) is 18.3 Å². The molecular formula is C18H19N3O2. The Kier molecular flexibility index (Phi) is 4.28. The van der Waals surface area contributed by atoms with Gasteiger partial charge in [-0.2, -0.15) is 0 Å². The fourth-order valence-electron chi connectivity index (χ4n) is 2.35. The van der Waals surface area contributed by atoms with Crippen LogP contribution in [0.4, 0.5) is 0 Å². The summed E-state index contributed by atoms with van der Waals surface area (Å²) in [6, 6.07) is 15.4. The van der Waals surface area contributed by atoms with Crippen molar-refractivity contribution in [2.75, 3.05) is 0 Å². The predicted molar refractivity (Wildman–Crippen MR) is 89.2 cm³/mol. The number of carbonyl (C=O) groups excluding carboxylic acids is 1. The SMILES string of the molecule is Cc1cccc(OC(C)C(=O)NCc2nc3ccccc3[nH]2)c1. The van der Waals surface area contributed by atoms with Gasteiger partial charge >= 0.3 is 0 Å². The standard InChI is InChI=1S/C18H19N3O2/c1-12-6-5-7-14(10-12)23-13(2)18(22)19-11-17-20-15-8-3-4-9-16(15)21-17/h3-10,13H,11H2,1-2H3,(H,19,22)(H,20,21). The van der Waals surface area contributed by atoms with Gasteiger partial charge in [-0.05, 0) is 43.7 Å². The summed E-state index contributed by atoms with van der Waals surface area (Å²) in [6.07, 6.45) is -0.568. The van der Waals surface area contributed by atoms with Crippen LogP contribution in [-0.2, 0) is 11.3 Å². The Morgan fingerprint density at radius 2 is 2.09 bits per heavy atom. The molecule has 1 atom stereocenters. The van der Waals surface area contributed by atoms with Gasteiger partial charge < -0.3 is 15.0 Å². The van der Waals surface area contributed by atoms with Gasteiger partial charge in [0, 0.05) is 0 Å². The summed E-state index contributed by atoms with van der Waals surface area (Å²) in [5.41, 5.74) is 2.94. The second-order valence-electron chi connectivity index (χ2n) is 5.50. The zero-order valence-electron chi connectivity index (χ0n) is 13.2. The number of aromatic amines is 1. The van der Waals surface area contributed by atoms with Crippen molar-refractivity contribution < 1.29 is 9.53 Å². The molecule has 2 aromatic carbocycles. The summed E-state index contributed by atoms with van der Waals surface area (Å²) in [7, 11) is 0. The fourth-order valence-corrected chi connectivity index (χ4v) is 2.35. The van der Waals surface area contributed by atoms with Crippen molar-refractivity contribution in [3.8, 4) is 5.75 Å². The van der Waals surface area contributed by atoms with E-state index in [2.05, 4.69) is 15.3 Å². The molecule has 1 heterocycles. The van der Waals surface area contributed by atoms with E-state index in [-0.39, 0.29) is 5.91 Å². The number of nitrogens with one attached hydrogen (secondary N) is 2. The van der Waals surface area contributed by atoms with Gasteiger partial charge in [0.1, 0.15) is 11.6 Å². The predicted octanol–water partition coefficient (Wildman–Crippen LogP) is 2.96. The summed E-state index contributed by atoms with van der Waals surface area (Å²) >= 11 is 0. The first-order valence-corrected chi connectivity index (χ1v) is 7.56. The lowest BCUT2D eigenvalue weighted by atomic mass is 10.2. The maximum atomic E-state index is 12.1. The number of carbonyl (C=O) groups is 1. The quantitative estimate of drug-likeness (QED) is 0.761. The first-order chi connectivity index (χ1) is 11.1. The lowest BCUT2D eigenvalue weighted by Gasteiger charge is -2.14. The number of rotatable bonds is 5. The van der Waals surface area contributed by atoms with Crippen LogP contribution in [-0.4, -0.2) is 22.0 Å². The van der Waals surface area contributed by atoms with Gasteiger partial charge in [-0.1, -0.05) is 24.3 Å². The molecule has 0 aliphatic heterocycles. The van der Waals surface area contributed by atoms with Gasteiger partial charge in [-0.25, -0.2) is 4.98 Å². The highest BCUT2D eigenvalue weighted by atomic mass is 16.5. The van der Waals surface area contributed by atoms with Crippen LogP contribution in [0.2, 0.25) is 0 Å². The topological polar surface area (TPSA) is 67.0 Å². The number of nitrogens with zero attached hydrogens (tertiary/aromatic N) is 1. The van der Waals surface area contributed by atoms with Gasteiger partial charge in [0.05, 0.1) is 17.6 Å². The van der Waals surface area contributed by atoms with Gasteiger partial charge in [-0.15, -0.1) is 0 Å². The molecule has 0 saturated carbocycles. The van der Waals surface area contributed by atoms with E-state index < -0.39 is 6.10 Å². The minimum atomic E-state index is -0.568. The molecular weight excluding hydrogens is 290 g/mol. The molecule has 1 amide bonds. The Bertz CT molecular complexity index is 793. The Balaban J connectivity index is 1.58. The summed E-state index contributed by atoms with van der Waals surface area (Å²) in [5, 5.41) is 2.84. The van der Waals surface area contributed by atoms with E-state index in [1.165, 1.54) is 0 Å². The van der Waals surface area contributed by atoms with Gasteiger partial charge in [0.15, 0.2) is 6.10 Å². The highest BCUT2D eigenvalue weighted by Gasteiger charge is 2.15. The number of H-pyrrole nitrogens is 1. The van der Waals surface area contributed by atoms with E-state index in [9.17, 15) is 4.79 Å². The summed E-state index contributed by atoms with van der Waals surface area (Å²) in [4.78, 5) is 19.8. The highest BCUT2D eigenvalue weighted by Crippen LogP contribution is 2.14. The molecule has 2 N–H and O–H groups in total. The number of imidazole rings is 1. The van der Waals surface area contributed by atoms with Crippen molar-refractivity contribution in [3.05, 3.63) is 59.9 Å². The van der Waals surface area contributed by atoms with Gasteiger partial charge in [0.25, 0.3) is 5.91 Å². The van der Waals surface area contributed by atoms with Crippen LogP contribution in [0.15, 0.2) is 48.5 Å². The third kappa shape index (κ3) is 3.69. The molecule has 23 heavy (non-hydrogen) atoms. The van der Waals surface area contributed by atoms with E-state index in [0.717, 1.165) is 22.4 Å². The number of ether oxygens (including phenoxy) is 1. The molecule has 5 heteroatoms. The minimum Gasteiger partial charge on any atom is -0.481 e. The summed E-state index contributed by atoms with van der Waals surface area (Å²) in [5.74, 6) is 1.24. The third-order valence-electron chi connectivity index (χ3n) is 3.54. The van der Waals surface area contributed by atoms with Crippen LogP contribution in [0.3, 0.4) is 0 Å². The third-order valence-corrected chi connectivity index (χ3v) is 3.54. The molecule has 0 fully saturated rings. The van der Waals surface area contributed by atoms with Crippen molar-refractivity contribution >= 4 is 16.9 Å². The summed E-state index contributed by atoms with van der Waals surface area (Å²) < 4.78 is 5.66. The molecule has 5 nitrogen and oxygen atoms in total. The van der Waals surface area contributed by atoms with Gasteiger partial charge in [0.2, 0.25) is 0 Å². The van der Waals surface area contributed by atoms with Crippen molar-refractivity contribution in [1.29, 1.82) is 0 Å². The smallest absolute Gasteiger partial charge is 0.261 e. The molecule has 0 bridgehead atoms. The van der Waals surface area contributed by atoms with Crippen molar-refractivity contribution in [2.24, 2.45) is 0 Å². The average Bonchev–Trinajstić information content (AvgIpc) is 2.95. The number of para-hydroxylation sites is 2. The minimum absolute atomic E-state index is 0.174.